The molecule has 25 heavy (non-hydrogen) atoms. The Morgan fingerprint density at radius 1 is 1.40 bits per heavy atom. The van der Waals surface area contributed by atoms with Crippen molar-refractivity contribution in [1.82, 2.24) is 9.97 Å². The van der Waals surface area contributed by atoms with Crippen molar-refractivity contribution in [2.45, 2.75) is 36.8 Å². The maximum absolute atomic E-state index is 13.7. The molecule has 130 valence electrons. The summed E-state index contributed by atoms with van der Waals surface area (Å²) in [6.45, 7) is 2.23. The van der Waals surface area contributed by atoms with Gasteiger partial charge in [0.15, 0.2) is 0 Å². The standard InChI is InChI=1S/C18H16F2N2OS2/c1-9-2-4-11-14(6-9)25-18-16(11)17(23)21-15(22-18)8-24-13-5-3-10(19)7-12(13)20/h3,5,7,9H,2,4,6,8H2,1H3,(H,21,22,23)/t9-/m0/s1. The van der Waals surface area contributed by atoms with Gasteiger partial charge in [-0.2, -0.15) is 0 Å². The van der Waals surface area contributed by atoms with Crippen LogP contribution in [-0.2, 0) is 18.6 Å². The summed E-state index contributed by atoms with van der Waals surface area (Å²) in [6, 6.07) is 3.48. The molecule has 0 fully saturated rings. The minimum Gasteiger partial charge on any atom is -0.309 e. The predicted molar refractivity (Wildman–Crippen MR) is 97.3 cm³/mol. The number of rotatable bonds is 3. The zero-order valence-corrected chi connectivity index (χ0v) is 15.2. The summed E-state index contributed by atoms with van der Waals surface area (Å²) in [4.78, 5) is 22.3. The van der Waals surface area contributed by atoms with E-state index >= 15 is 0 Å². The molecule has 1 aromatic carbocycles. The van der Waals surface area contributed by atoms with Crippen molar-refractivity contribution in [3.05, 3.63) is 56.5 Å². The van der Waals surface area contributed by atoms with Gasteiger partial charge in [-0.15, -0.1) is 23.1 Å². The smallest absolute Gasteiger partial charge is 0.259 e. The minimum atomic E-state index is -0.604. The van der Waals surface area contributed by atoms with E-state index < -0.39 is 11.6 Å². The number of halogens is 2. The Morgan fingerprint density at radius 3 is 3.04 bits per heavy atom. The first kappa shape index (κ1) is 16.7. The van der Waals surface area contributed by atoms with Gasteiger partial charge in [-0.05, 0) is 42.9 Å². The summed E-state index contributed by atoms with van der Waals surface area (Å²) in [5, 5.41) is 0.716. The van der Waals surface area contributed by atoms with Crippen molar-refractivity contribution < 1.29 is 8.78 Å². The van der Waals surface area contributed by atoms with Gasteiger partial charge in [0.05, 0.1) is 11.1 Å². The van der Waals surface area contributed by atoms with Gasteiger partial charge in [0.1, 0.15) is 22.3 Å². The maximum atomic E-state index is 13.7. The van der Waals surface area contributed by atoms with Gasteiger partial charge in [0, 0.05) is 15.8 Å². The number of thioether (sulfide) groups is 1. The van der Waals surface area contributed by atoms with E-state index in [-0.39, 0.29) is 5.56 Å². The lowest BCUT2D eigenvalue weighted by Gasteiger charge is -2.17. The van der Waals surface area contributed by atoms with E-state index in [0.717, 1.165) is 35.7 Å². The largest absolute Gasteiger partial charge is 0.309 e. The molecule has 1 atom stereocenters. The Kier molecular flexibility index (Phi) is 4.37. The summed E-state index contributed by atoms with van der Waals surface area (Å²) >= 11 is 2.79. The van der Waals surface area contributed by atoms with Gasteiger partial charge in [-0.25, -0.2) is 13.8 Å². The van der Waals surface area contributed by atoms with Crippen molar-refractivity contribution in [3.63, 3.8) is 0 Å². The molecular weight excluding hydrogens is 362 g/mol. The van der Waals surface area contributed by atoms with Crippen LogP contribution in [0.15, 0.2) is 27.9 Å². The number of nitrogens with zero attached hydrogens (tertiary/aromatic N) is 1. The molecule has 0 saturated carbocycles. The molecule has 0 unspecified atom stereocenters. The van der Waals surface area contributed by atoms with Crippen molar-refractivity contribution >= 4 is 33.3 Å². The molecule has 7 heteroatoms. The number of fused-ring (bicyclic) bond motifs is 3. The second-order valence-electron chi connectivity index (χ2n) is 6.41. The fraction of sp³-hybridized carbons (Fsp3) is 0.333. The van der Waals surface area contributed by atoms with Gasteiger partial charge < -0.3 is 4.98 Å². The highest BCUT2D eigenvalue weighted by Crippen LogP contribution is 2.36. The molecule has 4 rings (SSSR count). The molecule has 2 heterocycles. The normalized spacial score (nSPS) is 17.0. The molecular formula is C18H16F2N2OS2. The van der Waals surface area contributed by atoms with Crippen molar-refractivity contribution in [1.29, 1.82) is 0 Å². The van der Waals surface area contributed by atoms with Crippen molar-refractivity contribution in [2.75, 3.05) is 0 Å². The number of hydrogen-bond donors (Lipinski definition) is 1. The number of aromatic amines is 1. The first-order chi connectivity index (χ1) is 12.0. The van der Waals surface area contributed by atoms with Gasteiger partial charge in [0.25, 0.3) is 5.56 Å². The molecule has 1 aliphatic carbocycles. The number of aromatic nitrogens is 2. The fourth-order valence-corrected chi connectivity index (χ4v) is 5.39. The first-order valence-corrected chi connectivity index (χ1v) is 9.92. The van der Waals surface area contributed by atoms with Gasteiger partial charge in [-0.3, -0.25) is 4.79 Å². The lowest BCUT2D eigenvalue weighted by molar-refractivity contribution is 0.509. The molecule has 3 nitrogen and oxygen atoms in total. The lowest BCUT2D eigenvalue weighted by Crippen LogP contribution is -2.14. The summed E-state index contributed by atoms with van der Waals surface area (Å²) < 4.78 is 26.7. The number of aryl methyl sites for hydroxylation is 1. The van der Waals surface area contributed by atoms with Crippen LogP contribution in [0.25, 0.3) is 10.2 Å². The Balaban J connectivity index is 1.64. The van der Waals surface area contributed by atoms with Crippen LogP contribution < -0.4 is 5.56 Å². The Morgan fingerprint density at radius 2 is 2.24 bits per heavy atom. The number of hydrogen-bond acceptors (Lipinski definition) is 4. The third kappa shape index (κ3) is 3.22. The number of benzene rings is 1. The number of H-pyrrole nitrogens is 1. The highest BCUT2D eigenvalue weighted by molar-refractivity contribution is 7.98. The fourth-order valence-electron chi connectivity index (χ4n) is 3.20. The topological polar surface area (TPSA) is 45.8 Å². The third-order valence-electron chi connectivity index (χ3n) is 4.47. The predicted octanol–water partition coefficient (Wildman–Crippen LogP) is 4.68. The quantitative estimate of drug-likeness (QED) is 0.673. The van der Waals surface area contributed by atoms with Crippen LogP contribution in [0.2, 0.25) is 0 Å². The van der Waals surface area contributed by atoms with Crippen LogP contribution in [0.3, 0.4) is 0 Å². The Hall–Kier alpha value is -1.73. The van der Waals surface area contributed by atoms with E-state index in [4.69, 9.17) is 0 Å². The van der Waals surface area contributed by atoms with E-state index in [1.165, 1.54) is 28.8 Å². The SMILES string of the molecule is C[C@H]1CCc2c(sc3nc(CSc4ccc(F)cc4F)[nH]c(=O)c23)C1. The number of nitrogens with one attached hydrogen (secondary N) is 1. The van der Waals surface area contributed by atoms with E-state index in [1.54, 1.807) is 11.3 Å². The molecule has 0 aliphatic heterocycles. The molecule has 0 bridgehead atoms. The zero-order chi connectivity index (χ0) is 17.6. The Bertz CT molecular complexity index is 1010. The molecule has 1 N–H and O–H groups in total. The van der Waals surface area contributed by atoms with Gasteiger partial charge >= 0.3 is 0 Å². The van der Waals surface area contributed by atoms with Crippen molar-refractivity contribution in [2.24, 2.45) is 5.92 Å². The minimum absolute atomic E-state index is 0.118. The summed E-state index contributed by atoms with van der Waals surface area (Å²) in [7, 11) is 0. The highest BCUT2D eigenvalue weighted by atomic mass is 32.2. The Labute approximate surface area is 151 Å². The van der Waals surface area contributed by atoms with Crippen LogP contribution in [0, 0.1) is 17.6 Å². The molecule has 0 saturated heterocycles. The van der Waals surface area contributed by atoms with Gasteiger partial charge in [-0.1, -0.05) is 6.92 Å². The highest BCUT2D eigenvalue weighted by Gasteiger charge is 2.23. The maximum Gasteiger partial charge on any atom is 0.259 e. The first-order valence-electron chi connectivity index (χ1n) is 8.12. The second kappa shape index (κ2) is 6.53. The molecule has 0 radical (unpaired) electrons. The molecule has 2 aromatic heterocycles. The lowest BCUT2D eigenvalue weighted by atomic mass is 9.89. The average Bonchev–Trinajstić information content (AvgIpc) is 2.91. The van der Waals surface area contributed by atoms with E-state index in [9.17, 15) is 13.6 Å². The van der Waals surface area contributed by atoms with Crippen LogP contribution in [0.1, 0.15) is 29.6 Å². The van der Waals surface area contributed by atoms with Crippen LogP contribution >= 0.6 is 23.1 Å². The summed E-state index contributed by atoms with van der Waals surface area (Å²) in [5.41, 5.74) is 1.03. The van der Waals surface area contributed by atoms with E-state index in [0.29, 0.717) is 27.8 Å². The molecule has 0 amide bonds. The molecule has 0 spiro atoms. The van der Waals surface area contributed by atoms with E-state index in [1.807, 2.05) is 0 Å². The summed E-state index contributed by atoms with van der Waals surface area (Å²) in [5.74, 6) is 0.267. The summed E-state index contributed by atoms with van der Waals surface area (Å²) in [6.07, 6.45) is 3.02. The third-order valence-corrected chi connectivity index (χ3v) is 6.68. The zero-order valence-electron chi connectivity index (χ0n) is 13.6. The van der Waals surface area contributed by atoms with E-state index in [2.05, 4.69) is 16.9 Å². The number of thiophene rings is 1. The molecule has 3 aromatic rings. The average molecular weight is 378 g/mol. The van der Waals surface area contributed by atoms with Crippen LogP contribution in [0.4, 0.5) is 8.78 Å². The van der Waals surface area contributed by atoms with Crippen LogP contribution in [0.5, 0.6) is 0 Å². The molecule has 1 aliphatic rings. The monoisotopic (exact) mass is 378 g/mol. The van der Waals surface area contributed by atoms with Crippen LogP contribution in [-0.4, -0.2) is 9.97 Å². The second-order valence-corrected chi connectivity index (χ2v) is 8.51. The van der Waals surface area contributed by atoms with Gasteiger partial charge in [0.2, 0.25) is 0 Å². The van der Waals surface area contributed by atoms with Crippen molar-refractivity contribution in [3.8, 4) is 0 Å².